The van der Waals surface area contributed by atoms with Crippen LogP contribution in [0.4, 0.5) is 0 Å². The third kappa shape index (κ3) is 6.26. The lowest BCUT2D eigenvalue weighted by atomic mass is 10.3. The third-order valence-corrected chi connectivity index (χ3v) is 4.52. The van der Waals surface area contributed by atoms with Gasteiger partial charge in [0.2, 0.25) is 0 Å². The average Bonchev–Trinajstić information content (AvgIpc) is 2.89. The summed E-state index contributed by atoms with van der Waals surface area (Å²) in [5, 5.41) is 8.68. The van der Waals surface area contributed by atoms with Gasteiger partial charge >= 0.3 is 0 Å². The summed E-state index contributed by atoms with van der Waals surface area (Å²) in [5.41, 5.74) is 0. The maximum absolute atomic E-state index is 4.24. The molecule has 0 amide bonds. The minimum absolute atomic E-state index is 0.459. The average molecular weight is 286 g/mol. The van der Waals surface area contributed by atoms with E-state index in [1.807, 2.05) is 30.4 Å². The molecule has 1 heterocycles. The Bertz CT molecular complexity index is 338. The number of thiazole rings is 1. The first kappa shape index (κ1) is 15.3. The highest BCUT2D eigenvalue weighted by molar-refractivity contribution is 8.00. The first-order chi connectivity index (χ1) is 8.76. The second-order valence-electron chi connectivity index (χ2n) is 3.95. The fourth-order valence-corrected chi connectivity index (χ4v) is 2.90. The highest BCUT2D eigenvalue weighted by Gasteiger charge is 2.02. The van der Waals surface area contributed by atoms with E-state index in [4.69, 9.17) is 0 Å². The lowest BCUT2D eigenvalue weighted by Gasteiger charge is -2.16. The maximum atomic E-state index is 4.24. The van der Waals surface area contributed by atoms with Gasteiger partial charge in [0.25, 0.3) is 0 Å². The SMILES string of the molecule is CCC(C)NC(=NC)NCCCSc1nccs1. The van der Waals surface area contributed by atoms with Gasteiger partial charge in [-0.3, -0.25) is 4.99 Å². The number of nitrogens with zero attached hydrogens (tertiary/aromatic N) is 2. The van der Waals surface area contributed by atoms with Crippen molar-refractivity contribution in [2.75, 3.05) is 19.3 Å². The van der Waals surface area contributed by atoms with Crippen LogP contribution < -0.4 is 10.6 Å². The van der Waals surface area contributed by atoms with E-state index < -0.39 is 0 Å². The van der Waals surface area contributed by atoms with Crippen LogP contribution >= 0.6 is 23.1 Å². The van der Waals surface area contributed by atoms with Crippen LogP contribution in [0.3, 0.4) is 0 Å². The van der Waals surface area contributed by atoms with Gasteiger partial charge in [0.05, 0.1) is 0 Å². The zero-order valence-corrected chi connectivity index (χ0v) is 12.9. The summed E-state index contributed by atoms with van der Waals surface area (Å²) in [6, 6.07) is 0.459. The highest BCUT2D eigenvalue weighted by atomic mass is 32.2. The van der Waals surface area contributed by atoms with Crippen LogP contribution in [0, 0.1) is 0 Å². The molecule has 0 aliphatic heterocycles. The molecule has 0 aliphatic rings. The first-order valence-electron chi connectivity index (χ1n) is 6.25. The number of hydrogen-bond donors (Lipinski definition) is 2. The molecule has 102 valence electrons. The Morgan fingerprint density at radius 3 is 3.06 bits per heavy atom. The monoisotopic (exact) mass is 286 g/mol. The van der Waals surface area contributed by atoms with Crippen LogP contribution in [0.15, 0.2) is 20.9 Å². The van der Waals surface area contributed by atoms with E-state index in [0.29, 0.717) is 6.04 Å². The third-order valence-electron chi connectivity index (χ3n) is 2.47. The van der Waals surface area contributed by atoms with Crippen LogP contribution in [0.2, 0.25) is 0 Å². The van der Waals surface area contributed by atoms with Crippen molar-refractivity contribution in [1.29, 1.82) is 0 Å². The van der Waals surface area contributed by atoms with E-state index >= 15 is 0 Å². The molecule has 1 atom stereocenters. The molecule has 18 heavy (non-hydrogen) atoms. The maximum Gasteiger partial charge on any atom is 0.191 e. The van der Waals surface area contributed by atoms with Gasteiger partial charge in [-0.05, 0) is 19.8 Å². The molecule has 1 aromatic heterocycles. The minimum Gasteiger partial charge on any atom is -0.356 e. The van der Waals surface area contributed by atoms with Crippen LogP contribution in [-0.4, -0.2) is 36.3 Å². The summed E-state index contributed by atoms with van der Waals surface area (Å²) >= 11 is 3.51. The fraction of sp³-hybridized carbons (Fsp3) is 0.667. The van der Waals surface area contributed by atoms with E-state index in [9.17, 15) is 0 Å². The van der Waals surface area contributed by atoms with E-state index in [0.717, 1.165) is 35.4 Å². The molecular weight excluding hydrogens is 264 g/mol. The summed E-state index contributed by atoms with van der Waals surface area (Å²) < 4.78 is 1.15. The molecule has 0 saturated carbocycles. The topological polar surface area (TPSA) is 49.3 Å². The van der Waals surface area contributed by atoms with Crippen molar-refractivity contribution >= 4 is 29.1 Å². The van der Waals surface area contributed by atoms with E-state index in [1.165, 1.54) is 0 Å². The molecule has 4 nitrogen and oxygen atoms in total. The number of aromatic nitrogens is 1. The highest BCUT2D eigenvalue weighted by Crippen LogP contribution is 2.20. The van der Waals surface area contributed by atoms with Gasteiger partial charge in [0.15, 0.2) is 5.96 Å². The van der Waals surface area contributed by atoms with Crippen LogP contribution in [0.1, 0.15) is 26.7 Å². The Morgan fingerprint density at radius 1 is 1.61 bits per heavy atom. The van der Waals surface area contributed by atoms with Gasteiger partial charge in [0.1, 0.15) is 4.34 Å². The number of nitrogens with one attached hydrogen (secondary N) is 2. The molecule has 1 aromatic rings. The Labute approximate surface area is 118 Å². The van der Waals surface area contributed by atoms with Crippen molar-refractivity contribution in [3.05, 3.63) is 11.6 Å². The first-order valence-corrected chi connectivity index (χ1v) is 8.12. The van der Waals surface area contributed by atoms with Gasteiger partial charge < -0.3 is 10.6 Å². The van der Waals surface area contributed by atoms with E-state index in [1.54, 1.807) is 11.3 Å². The Hall–Kier alpha value is -0.750. The van der Waals surface area contributed by atoms with Crippen LogP contribution in [-0.2, 0) is 0 Å². The summed E-state index contributed by atoms with van der Waals surface area (Å²) in [6.07, 6.45) is 4.05. The predicted octanol–water partition coefficient (Wildman–Crippen LogP) is 2.59. The summed E-state index contributed by atoms with van der Waals surface area (Å²) in [6.45, 7) is 5.26. The number of guanidine groups is 1. The second kappa shape index (κ2) is 9.22. The predicted molar refractivity (Wildman–Crippen MR) is 81.7 cm³/mol. The van der Waals surface area contributed by atoms with Crippen LogP contribution in [0.25, 0.3) is 0 Å². The zero-order chi connectivity index (χ0) is 13.2. The molecule has 2 N–H and O–H groups in total. The Morgan fingerprint density at radius 2 is 2.44 bits per heavy atom. The molecular formula is C12H22N4S2. The van der Waals surface area contributed by atoms with Crippen molar-refractivity contribution in [1.82, 2.24) is 15.6 Å². The Balaban J connectivity index is 2.09. The molecule has 0 fully saturated rings. The van der Waals surface area contributed by atoms with Gasteiger partial charge in [-0.25, -0.2) is 4.98 Å². The molecule has 0 spiro atoms. The number of rotatable bonds is 7. The largest absolute Gasteiger partial charge is 0.356 e. The van der Waals surface area contributed by atoms with Crippen molar-refractivity contribution in [2.24, 2.45) is 4.99 Å². The molecule has 0 radical (unpaired) electrons. The van der Waals surface area contributed by atoms with Gasteiger partial charge in [-0.15, -0.1) is 11.3 Å². The normalized spacial score (nSPS) is 13.4. The quantitative estimate of drug-likeness (QED) is 0.350. The smallest absolute Gasteiger partial charge is 0.191 e. The summed E-state index contributed by atoms with van der Waals surface area (Å²) in [4.78, 5) is 8.44. The van der Waals surface area contributed by atoms with Crippen molar-refractivity contribution in [2.45, 2.75) is 37.1 Å². The number of aliphatic imine (C=N–C) groups is 1. The van der Waals surface area contributed by atoms with Crippen LogP contribution in [0.5, 0.6) is 0 Å². The second-order valence-corrected chi connectivity index (χ2v) is 6.19. The summed E-state index contributed by atoms with van der Waals surface area (Å²) in [7, 11) is 1.81. The molecule has 0 aromatic carbocycles. The molecule has 6 heteroatoms. The molecule has 0 saturated heterocycles. The lowest BCUT2D eigenvalue weighted by molar-refractivity contribution is 0.623. The van der Waals surface area contributed by atoms with Gasteiger partial charge in [0, 0.05) is 37.0 Å². The standard InChI is InChI=1S/C12H22N4S2/c1-4-10(2)16-11(13-3)14-6-5-8-17-12-15-7-9-18-12/h7,9-10H,4-6,8H2,1-3H3,(H2,13,14,16). The lowest BCUT2D eigenvalue weighted by Crippen LogP contribution is -2.42. The number of thioether (sulfide) groups is 1. The van der Waals surface area contributed by atoms with Crippen molar-refractivity contribution in [3.8, 4) is 0 Å². The number of hydrogen-bond acceptors (Lipinski definition) is 4. The van der Waals surface area contributed by atoms with Crippen molar-refractivity contribution in [3.63, 3.8) is 0 Å². The molecule has 0 aliphatic carbocycles. The van der Waals surface area contributed by atoms with Gasteiger partial charge in [-0.2, -0.15) is 0 Å². The van der Waals surface area contributed by atoms with E-state index in [2.05, 4.69) is 34.5 Å². The minimum atomic E-state index is 0.459. The zero-order valence-electron chi connectivity index (χ0n) is 11.3. The molecule has 1 unspecified atom stereocenters. The van der Waals surface area contributed by atoms with Crippen molar-refractivity contribution < 1.29 is 0 Å². The van der Waals surface area contributed by atoms with Gasteiger partial charge in [-0.1, -0.05) is 18.7 Å². The fourth-order valence-electron chi connectivity index (χ4n) is 1.25. The summed E-state index contributed by atoms with van der Waals surface area (Å²) in [5.74, 6) is 1.98. The molecule has 1 rings (SSSR count). The Kier molecular flexibility index (Phi) is 7.84. The van der Waals surface area contributed by atoms with E-state index in [-0.39, 0.29) is 0 Å². The molecule has 0 bridgehead atoms.